The van der Waals surface area contributed by atoms with Crippen LogP contribution in [0.15, 0.2) is 36.8 Å². The van der Waals surface area contributed by atoms with Crippen LogP contribution in [0, 0.1) is 5.82 Å². The van der Waals surface area contributed by atoms with Gasteiger partial charge in [-0.1, -0.05) is 0 Å². The van der Waals surface area contributed by atoms with E-state index >= 15 is 0 Å². The van der Waals surface area contributed by atoms with Crippen molar-refractivity contribution in [1.82, 2.24) is 45.4 Å². The van der Waals surface area contributed by atoms with Gasteiger partial charge in [-0.05, 0) is 47.9 Å². The summed E-state index contributed by atoms with van der Waals surface area (Å²) in [4.78, 5) is 17.5. The maximum atomic E-state index is 14.3. The minimum absolute atomic E-state index is 0.0167. The van der Waals surface area contributed by atoms with Gasteiger partial charge < -0.3 is 15.7 Å². The summed E-state index contributed by atoms with van der Waals surface area (Å²) >= 11 is 0. The van der Waals surface area contributed by atoms with E-state index in [1.54, 1.807) is 16.6 Å². The van der Waals surface area contributed by atoms with Crippen molar-refractivity contribution in [3.05, 3.63) is 48.2 Å². The van der Waals surface area contributed by atoms with Crippen LogP contribution in [0.5, 0.6) is 0 Å². The van der Waals surface area contributed by atoms with Crippen LogP contribution in [-0.4, -0.2) is 70.5 Å². The fourth-order valence-electron chi connectivity index (χ4n) is 4.08. The Kier molecular flexibility index (Phi) is 5.52. The molecule has 4 aromatic rings. The van der Waals surface area contributed by atoms with Crippen molar-refractivity contribution in [3.63, 3.8) is 0 Å². The van der Waals surface area contributed by atoms with Gasteiger partial charge in [-0.25, -0.2) is 18.7 Å². The van der Waals surface area contributed by atoms with E-state index in [1.807, 2.05) is 12.3 Å². The Bertz CT molecular complexity index is 1270. The van der Waals surface area contributed by atoms with E-state index in [0.29, 0.717) is 18.1 Å². The maximum absolute atomic E-state index is 14.3. The Morgan fingerprint density at radius 1 is 1.27 bits per heavy atom. The molecule has 1 aliphatic rings. The molecule has 12 nitrogen and oxygen atoms in total. The topological polar surface area (TPSA) is 149 Å². The average molecular weight is 452 g/mol. The monoisotopic (exact) mass is 452 g/mol. The molecular weight excluding hydrogens is 431 g/mol. The number of rotatable bonds is 6. The van der Waals surface area contributed by atoms with Crippen LogP contribution in [0.4, 0.5) is 20.7 Å². The molecule has 0 bridgehead atoms. The second-order valence-corrected chi connectivity index (χ2v) is 7.80. The van der Waals surface area contributed by atoms with E-state index in [-0.39, 0.29) is 17.4 Å². The Hall–Kier alpha value is -4.13. The highest BCUT2D eigenvalue weighted by Gasteiger charge is 2.22. The summed E-state index contributed by atoms with van der Waals surface area (Å²) < 4.78 is 16.0. The molecule has 1 saturated heterocycles. The zero-order valence-electron chi connectivity index (χ0n) is 17.4. The van der Waals surface area contributed by atoms with Crippen molar-refractivity contribution in [3.8, 4) is 11.4 Å². The molecule has 1 aromatic carbocycles. The molecule has 5 rings (SSSR count). The number of aromatic nitrogens is 7. The van der Waals surface area contributed by atoms with Crippen LogP contribution in [0.2, 0.25) is 0 Å². The number of carboxylic acid groups (broad SMARTS) is 1. The molecule has 1 amide bonds. The number of fused-ring (bicyclic) bond motifs is 1. The molecule has 170 valence electrons. The molecule has 4 heterocycles. The third-order valence-corrected chi connectivity index (χ3v) is 5.66. The van der Waals surface area contributed by atoms with E-state index in [4.69, 9.17) is 5.11 Å². The molecular formula is C20H21FN10O2. The third-order valence-electron chi connectivity index (χ3n) is 5.66. The highest BCUT2D eigenvalue weighted by atomic mass is 19.1. The fourth-order valence-corrected chi connectivity index (χ4v) is 4.08. The van der Waals surface area contributed by atoms with Gasteiger partial charge >= 0.3 is 6.09 Å². The number of benzene rings is 1. The molecule has 0 aliphatic carbocycles. The number of nitrogens with zero attached hydrogens (tertiary/aromatic N) is 7. The standard InChI is InChI=1S/C20H21FN10O2/c21-16-2-1-14(9-15(16)18-26-28-29-27-18)24-19-17-12(3-8-31(17)23-11-22-19)10-30-6-4-13(5-7-30)25-20(32)33/h1-3,8-9,11,13,25H,4-7,10H2,(H,32,33)(H,22,23,24)(H,26,27,28,29). The predicted molar refractivity (Wildman–Crippen MR) is 115 cm³/mol. The molecule has 0 unspecified atom stereocenters. The van der Waals surface area contributed by atoms with Crippen LogP contribution < -0.4 is 10.6 Å². The van der Waals surface area contributed by atoms with Crippen molar-refractivity contribution in [2.24, 2.45) is 0 Å². The first-order chi connectivity index (χ1) is 16.1. The number of H-pyrrole nitrogens is 1. The Labute approximate surface area is 186 Å². The number of anilines is 2. The number of hydrogen-bond acceptors (Lipinski definition) is 8. The normalized spacial score (nSPS) is 15.1. The first kappa shape index (κ1) is 20.8. The van der Waals surface area contributed by atoms with Crippen molar-refractivity contribution in [1.29, 1.82) is 0 Å². The number of carbonyl (C=O) groups is 1. The van der Waals surface area contributed by atoms with Gasteiger partial charge in [0.15, 0.2) is 5.82 Å². The number of amides is 1. The minimum atomic E-state index is -0.983. The SMILES string of the molecule is O=C(O)NC1CCN(Cc2ccn3ncnc(Nc4ccc(F)c(-c5nn[nH]n5)c4)c23)CC1. The highest BCUT2D eigenvalue weighted by molar-refractivity contribution is 5.77. The summed E-state index contributed by atoms with van der Waals surface area (Å²) in [5.41, 5.74) is 2.67. The summed E-state index contributed by atoms with van der Waals surface area (Å²) in [6.07, 6.45) is 3.85. The third kappa shape index (κ3) is 4.43. The van der Waals surface area contributed by atoms with E-state index in [0.717, 1.165) is 37.0 Å². The molecule has 0 saturated carbocycles. The lowest BCUT2D eigenvalue weighted by molar-refractivity contribution is 0.165. The lowest BCUT2D eigenvalue weighted by Gasteiger charge is -2.31. The van der Waals surface area contributed by atoms with Crippen LogP contribution in [0.25, 0.3) is 16.9 Å². The van der Waals surface area contributed by atoms with E-state index in [2.05, 4.69) is 46.2 Å². The first-order valence-corrected chi connectivity index (χ1v) is 10.4. The Morgan fingerprint density at radius 3 is 2.88 bits per heavy atom. The van der Waals surface area contributed by atoms with Crippen molar-refractivity contribution < 1.29 is 14.3 Å². The average Bonchev–Trinajstić information content (AvgIpc) is 3.47. The summed E-state index contributed by atoms with van der Waals surface area (Å²) in [6.45, 7) is 2.24. The predicted octanol–water partition coefficient (Wildman–Crippen LogP) is 2.02. The number of piperidine rings is 1. The minimum Gasteiger partial charge on any atom is -0.465 e. The van der Waals surface area contributed by atoms with Crippen LogP contribution >= 0.6 is 0 Å². The zero-order valence-corrected chi connectivity index (χ0v) is 17.4. The van der Waals surface area contributed by atoms with Gasteiger partial charge in [0, 0.05) is 37.6 Å². The Morgan fingerprint density at radius 2 is 2.12 bits per heavy atom. The highest BCUT2D eigenvalue weighted by Crippen LogP contribution is 2.28. The van der Waals surface area contributed by atoms with Crippen LogP contribution in [0.1, 0.15) is 18.4 Å². The van der Waals surface area contributed by atoms with Crippen LogP contribution in [0.3, 0.4) is 0 Å². The van der Waals surface area contributed by atoms with Gasteiger partial charge in [-0.15, -0.1) is 10.2 Å². The summed E-state index contributed by atoms with van der Waals surface area (Å²) in [5.74, 6) is 0.283. The van der Waals surface area contributed by atoms with Gasteiger partial charge in [0.05, 0.1) is 5.56 Å². The lowest BCUT2D eigenvalue weighted by atomic mass is 10.0. The van der Waals surface area contributed by atoms with Crippen molar-refractivity contribution in [2.45, 2.75) is 25.4 Å². The molecule has 33 heavy (non-hydrogen) atoms. The summed E-state index contributed by atoms with van der Waals surface area (Å²) in [5, 5.41) is 32.5. The first-order valence-electron chi connectivity index (χ1n) is 10.4. The molecule has 1 aliphatic heterocycles. The summed E-state index contributed by atoms with van der Waals surface area (Å²) in [7, 11) is 0. The van der Waals surface area contributed by atoms with E-state index < -0.39 is 11.9 Å². The van der Waals surface area contributed by atoms with Crippen LogP contribution in [-0.2, 0) is 6.54 Å². The largest absolute Gasteiger partial charge is 0.465 e. The number of tetrazole rings is 1. The second-order valence-electron chi connectivity index (χ2n) is 7.80. The second kappa shape index (κ2) is 8.78. The molecule has 0 spiro atoms. The number of aromatic amines is 1. The maximum Gasteiger partial charge on any atom is 0.404 e. The van der Waals surface area contributed by atoms with E-state index in [1.165, 1.54) is 12.4 Å². The molecule has 1 fully saturated rings. The lowest BCUT2D eigenvalue weighted by Crippen LogP contribution is -2.43. The molecule has 0 radical (unpaired) electrons. The quantitative estimate of drug-likeness (QED) is 0.345. The smallest absolute Gasteiger partial charge is 0.404 e. The van der Waals surface area contributed by atoms with Gasteiger partial charge in [0.25, 0.3) is 0 Å². The van der Waals surface area contributed by atoms with Gasteiger partial charge in [-0.2, -0.15) is 10.3 Å². The van der Waals surface area contributed by atoms with Crippen molar-refractivity contribution in [2.75, 3.05) is 18.4 Å². The Balaban J connectivity index is 1.37. The van der Waals surface area contributed by atoms with Gasteiger partial charge in [0.2, 0.25) is 5.82 Å². The number of likely N-dealkylation sites (tertiary alicyclic amines) is 1. The number of halogens is 1. The number of nitrogens with one attached hydrogen (secondary N) is 3. The molecule has 0 atom stereocenters. The fraction of sp³-hybridized carbons (Fsp3) is 0.300. The number of hydrogen-bond donors (Lipinski definition) is 4. The van der Waals surface area contributed by atoms with E-state index in [9.17, 15) is 9.18 Å². The molecule has 3 aromatic heterocycles. The van der Waals surface area contributed by atoms with Crippen molar-refractivity contribution >= 4 is 23.1 Å². The summed E-state index contributed by atoms with van der Waals surface area (Å²) in [6, 6.07) is 6.52. The van der Waals surface area contributed by atoms with Gasteiger partial charge in [0.1, 0.15) is 17.7 Å². The molecule has 13 heteroatoms. The van der Waals surface area contributed by atoms with Gasteiger partial charge in [-0.3, -0.25) is 4.90 Å². The molecule has 4 N–H and O–H groups in total. The zero-order chi connectivity index (χ0) is 22.8.